The summed E-state index contributed by atoms with van der Waals surface area (Å²) in [6, 6.07) is 8.21. The number of hydrogen-bond acceptors (Lipinski definition) is 2. The van der Waals surface area contributed by atoms with Crippen LogP contribution in [0.3, 0.4) is 0 Å². The molecule has 2 aromatic rings. The third-order valence-corrected chi connectivity index (χ3v) is 3.48. The zero-order valence-electron chi connectivity index (χ0n) is 10.5. The Morgan fingerprint density at radius 3 is 3.00 bits per heavy atom. The maximum atomic E-state index is 11.8. The smallest absolute Gasteiger partial charge is 0.163 e. The molecule has 0 fully saturated rings. The summed E-state index contributed by atoms with van der Waals surface area (Å²) in [5.74, 6) is 0.272. The Morgan fingerprint density at radius 1 is 1.28 bits per heavy atom. The lowest BCUT2D eigenvalue weighted by atomic mass is 10.0. The van der Waals surface area contributed by atoms with Crippen LogP contribution in [0.4, 0.5) is 0 Å². The van der Waals surface area contributed by atoms with Crippen LogP contribution >= 0.6 is 0 Å². The van der Waals surface area contributed by atoms with Crippen LogP contribution in [0.5, 0.6) is 0 Å². The van der Waals surface area contributed by atoms with E-state index in [9.17, 15) is 4.79 Å². The molecule has 1 aromatic heterocycles. The second kappa shape index (κ2) is 4.41. The SMILES string of the molecule is CCCn1nccc1-c1ccc2c(c1)C(=O)CC2. The number of carbonyl (C=O) groups is 1. The number of hydrogen-bond donors (Lipinski definition) is 0. The largest absolute Gasteiger partial charge is 0.294 e. The maximum Gasteiger partial charge on any atom is 0.163 e. The Hall–Kier alpha value is -1.90. The summed E-state index contributed by atoms with van der Waals surface area (Å²) >= 11 is 0. The first-order chi connectivity index (χ1) is 8.79. The van der Waals surface area contributed by atoms with E-state index >= 15 is 0 Å². The Morgan fingerprint density at radius 2 is 2.17 bits per heavy atom. The molecule has 0 radical (unpaired) electrons. The Bertz CT molecular complexity index is 598. The zero-order chi connectivity index (χ0) is 12.5. The lowest BCUT2D eigenvalue weighted by Gasteiger charge is -2.07. The molecule has 0 atom stereocenters. The van der Waals surface area contributed by atoms with Crippen molar-refractivity contribution < 1.29 is 4.79 Å². The van der Waals surface area contributed by atoms with Gasteiger partial charge in [0.05, 0.1) is 5.69 Å². The molecule has 1 heterocycles. The number of Topliss-reactive ketones (excluding diaryl/α,β-unsaturated/α-hetero) is 1. The number of nitrogens with zero attached hydrogens (tertiary/aromatic N) is 2. The number of benzene rings is 1. The molecular weight excluding hydrogens is 224 g/mol. The van der Waals surface area contributed by atoms with Crippen molar-refractivity contribution in [2.45, 2.75) is 32.7 Å². The van der Waals surface area contributed by atoms with E-state index in [1.165, 1.54) is 5.56 Å². The quantitative estimate of drug-likeness (QED) is 0.826. The van der Waals surface area contributed by atoms with Crippen molar-refractivity contribution in [3.8, 4) is 11.3 Å². The summed E-state index contributed by atoms with van der Waals surface area (Å²) in [5, 5.41) is 4.33. The summed E-state index contributed by atoms with van der Waals surface area (Å²) in [6.07, 6.45) is 4.42. The molecule has 0 unspecified atom stereocenters. The van der Waals surface area contributed by atoms with Crippen molar-refractivity contribution in [3.63, 3.8) is 0 Å². The van der Waals surface area contributed by atoms with E-state index < -0.39 is 0 Å². The van der Waals surface area contributed by atoms with Crippen molar-refractivity contribution >= 4 is 5.78 Å². The van der Waals surface area contributed by atoms with Crippen LogP contribution < -0.4 is 0 Å². The van der Waals surface area contributed by atoms with Crippen LogP contribution in [0.1, 0.15) is 35.7 Å². The molecule has 1 aromatic carbocycles. The zero-order valence-corrected chi connectivity index (χ0v) is 10.5. The third-order valence-electron chi connectivity index (χ3n) is 3.48. The highest BCUT2D eigenvalue weighted by Gasteiger charge is 2.20. The molecule has 0 amide bonds. The van der Waals surface area contributed by atoms with E-state index in [2.05, 4.69) is 24.2 Å². The second-order valence-electron chi connectivity index (χ2n) is 4.73. The minimum atomic E-state index is 0.272. The van der Waals surface area contributed by atoms with Crippen LogP contribution in [0.25, 0.3) is 11.3 Å². The molecule has 0 spiro atoms. The van der Waals surface area contributed by atoms with Gasteiger partial charge in [-0.1, -0.05) is 19.1 Å². The summed E-state index contributed by atoms with van der Waals surface area (Å²) in [4.78, 5) is 11.8. The lowest BCUT2D eigenvalue weighted by Crippen LogP contribution is -2.01. The highest BCUT2D eigenvalue weighted by molar-refractivity contribution is 6.01. The van der Waals surface area contributed by atoms with Crippen LogP contribution in [-0.4, -0.2) is 15.6 Å². The van der Waals surface area contributed by atoms with Crippen LogP contribution in [-0.2, 0) is 13.0 Å². The van der Waals surface area contributed by atoms with E-state index in [1.807, 2.05) is 23.0 Å². The highest BCUT2D eigenvalue weighted by atomic mass is 16.1. The Balaban J connectivity index is 2.04. The molecule has 1 aliphatic carbocycles. The average Bonchev–Trinajstić information content (AvgIpc) is 2.97. The third kappa shape index (κ3) is 1.76. The maximum absolute atomic E-state index is 11.8. The van der Waals surface area contributed by atoms with Crippen LogP contribution in [0.2, 0.25) is 0 Å². The van der Waals surface area contributed by atoms with E-state index in [1.54, 1.807) is 0 Å². The number of rotatable bonds is 3. The summed E-state index contributed by atoms with van der Waals surface area (Å²) in [7, 11) is 0. The van der Waals surface area contributed by atoms with E-state index in [0.717, 1.165) is 36.2 Å². The van der Waals surface area contributed by atoms with Gasteiger partial charge < -0.3 is 0 Å². The predicted molar refractivity (Wildman–Crippen MR) is 70.6 cm³/mol. The minimum Gasteiger partial charge on any atom is -0.294 e. The molecule has 0 bridgehead atoms. The predicted octanol–water partition coefficient (Wildman–Crippen LogP) is 3.09. The van der Waals surface area contributed by atoms with E-state index in [-0.39, 0.29) is 5.78 Å². The number of fused-ring (bicyclic) bond motifs is 1. The van der Waals surface area contributed by atoms with Crippen LogP contribution in [0, 0.1) is 0 Å². The lowest BCUT2D eigenvalue weighted by molar-refractivity contribution is 0.0994. The highest BCUT2D eigenvalue weighted by Crippen LogP contribution is 2.28. The van der Waals surface area contributed by atoms with Gasteiger partial charge in [-0.15, -0.1) is 0 Å². The Labute approximate surface area is 106 Å². The van der Waals surface area contributed by atoms with Gasteiger partial charge in [0.15, 0.2) is 5.78 Å². The molecule has 92 valence electrons. The van der Waals surface area contributed by atoms with E-state index in [4.69, 9.17) is 0 Å². The van der Waals surface area contributed by atoms with Gasteiger partial charge in [-0.25, -0.2) is 0 Å². The first-order valence-electron chi connectivity index (χ1n) is 6.48. The molecular formula is C15H16N2O. The Kier molecular flexibility index (Phi) is 2.74. The van der Waals surface area contributed by atoms with Gasteiger partial charge in [0, 0.05) is 30.3 Å². The fraction of sp³-hybridized carbons (Fsp3) is 0.333. The van der Waals surface area contributed by atoms with Gasteiger partial charge in [-0.05, 0) is 30.5 Å². The molecule has 0 N–H and O–H groups in total. The summed E-state index contributed by atoms with van der Waals surface area (Å²) < 4.78 is 2.00. The standard InChI is InChI=1S/C15H16N2O/c1-2-9-17-14(7-8-16-17)12-4-3-11-5-6-15(18)13(11)10-12/h3-4,7-8,10H,2,5-6,9H2,1H3. The molecule has 0 saturated carbocycles. The van der Waals surface area contributed by atoms with Crippen molar-refractivity contribution in [2.24, 2.45) is 0 Å². The second-order valence-corrected chi connectivity index (χ2v) is 4.73. The topological polar surface area (TPSA) is 34.9 Å². The number of ketones is 1. The molecule has 3 rings (SSSR count). The normalized spacial score (nSPS) is 13.9. The number of carbonyl (C=O) groups excluding carboxylic acids is 1. The minimum absolute atomic E-state index is 0.272. The number of aryl methyl sites for hydroxylation is 2. The first-order valence-corrected chi connectivity index (χ1v) is 6.48. The molecule has 3 nitrogen and oxygen atoms in total. The summed E-state index contributed by atoms with van der Waals surface area (Å²) in [5.41, 5.74) is 4.27. The van der Waals surface area contributed by atoms with Gasteiger partial charge in [0.2, 0.25) is 0 Å². The summed E-state index contributed by atoms with van der Waals surface area (Å²) in [6.45, 7) is 3.05. The average molecular weight is 240 g/mol. The van der Waals surface area contributed by atoms with Crippen molar-refractivity contribution in [3.05, 3.63) is 41.6 Å². The van der Waals surface area contributed by atoms with Gasteiger partial charge >= 0.3 is 0 Å². The van der Waals surface area contributed by atoms with Crippen molar-refractivity contribution in [1.29, 1.82) is 0 Å². The molecule has 0 saturated heterocycles. The fourth-order valence-corrected chi connectivity index (χ4v) is 2.56. The first kappa shape index (κ1) is 11.2. The van der Waals surface area contributed by atoms with Gasteiger partial charge in [0.1, 0.15) is 0 Å². The molecule has 18 heavy (non-hydrogen) atoms. The van der Waals surface area contributed by atoms with E-state index in [0.29, 0.717) is 6.42 Å². The monoisotopic (exact) mass is 240 g/mol. The molecule has 0 aliphatic heterocycles. The van der Waals surface area contributed by atoms with Crippen molar-refractivity contribution in [1.82, 2.24) is 9.78 Å². The van der Waals surface area contributed by atoms with Gasteiger partial charge in [-0.3, -0.25) is 9.48 Å². The molecule has 3 heteroatoms. The fourth-order valence-electron chi connectivity index (χ4n) is 2.56. The van der Waals surface area contributed by atoms with Crippen LogP contribution in [0.15, 0.2) is 30.5 Å². The molecule has 1 aliphatic rings. The van der Waals surface area contributed by atoms with Gasteiger partial charge in [0.25, 0.3) is 0 Å². The number of aromatic nitrogens is 2. The van der Waals surface area contributed by atoms with Gasteiger partial charge in [-0.2, -0.15) is 5.10 Å². The van der Waals surface area contributed by atoms with Crippen molar-refractivity contribution in [2.75, 3.05) is 0 Å².